The van der Waals surface area contributed by atoms with Gasteiger partial charge in [0, 0.05) is 0 Å². The van der Waals surface area contributed by atoms with Gasteiger partial charge in [-0.1, -0.05) is 0 Å². The largest absolute Gasteiger partial charge is 1.00 e. The predicted molar refractivity (Wildman–Crippen MR) is 54.1 cm³/mol. The van der Waals surface area contributed by atoms with Crippen molar-refractivity contribution in [2.24, 2.45) is 0 Å². The van der Waals surface area contributed by atoms with Gasteiger partial charge in [0.2, 0.25) is 0 Å². The van der Waals surface area contributed by atoms with Gasteiger partial charge in [0.05, 0.1) is 0 Å². The van der Waals surface area contributed by atoms with Crippen LogP contribution in [0.1, 0.15) is 11.1 Å². The second-order valence-corrected chi connectivity index (χ2v) is 3.80. The van der Waals surface area contributed by atoms with Gasteiger partial charge in [-0.15, -0.1) is 0 Å². The van der Waals surface area contributed by atoms with Crippen LogP contribution >= 0.6 is 0 Å². The molecule has 0 unspecified atom stereocenters. The molecule has 2 aromatic carbocycles. The third-order valence-electron chi connectivity index (χ3n) is 2.54. The minimum atomic E-state index is 0. The minimum absolute atomic E-state index is 0. The van der Waals surface area contributed by atoms with E-state index in [0.29, 0.717) is 0 Å². The first-order valence-corrected chi connectivity index (χ1v) is 5.20. The summed E-state index contributed by atoms with van der Waals surface area (Å²) < 4.78 is 5.36. The van der Waals surface area contributed by atoms with Crippen LogP contribution < -0.4 is 28.1 Å². The van der Waals surface area contributed by atoms with Crippen molar-refractivity contribution >= 4 is 10.8 Å². The second-order valence-electron chi connectivity index (χ2n) is 3.48. The first-order valence-electron chi connectivity index (χ1n) is 4.56. The Hall–Kier alpha value is -0.206. The van der Waals surface area contributed by atoms with Gasteiger partial charge in [-0.2, -0.15) is 0 Å². The normalized spacial score (nSPS) is 9.25. The molecule has 0 radical (unpaired) electrons. The van der Waals surface area contributed by atoms with E-state index in [1.54, 1.807) is 20.8 Å². The van der Waals surface area contributed by atoms with Crippen LogP contribution in [0.3, 0.4) is 0 Å². The quantitative estimate of drug-likeness (QED) is 0.520. The van der Waals surface area contributed by atoms with E-state index >= 15 is 0 Å². The van der Waals surface area contributed by atoms with E-state index in [0.717, 1.165) is 5.75 Å². The van der Waals surface area contributed by atoms with E-state index in [9.17, 15) is 0 Å². The van der Waals surface area contributed by atoms with E-state index in [4.69, 9.17) is 3.32 Å². The van der Waals surface area contributed by atoms with Gasteiger partial charge in [-0.25, -0.2) is 0 Å². The zero-order chi connectivity index (χ0) is 10.1. The summed E-state index contributed by atoms with van der Waals surface area (Å²) >= 11 is 1.72. The van der Waals surface area contributed by atoms with Crippen molar-refractivity contribution in [2.45, 2.75) is 13.8 Å². The molecular weight excluding hydrogens is 279 g/mol. The van der Waals surface area contributed by atoms with Crippen molar-refractivity contribution in [2.75, 3.05) is 0 Å². The molecule has 0 aliphatic rings. The molecule has 0 aromatic heterocycles. The summed E-state index contributed by atoms with van der Waals surface area (Å²) in [5.74, 6) is 0.962. The molecule has 0 spiro atoms. The van der Waals surface area contributed by atoms with Crippen molar-refractivity contribution in [1.29, 1.82) is 0 Å². The standard InChI is InChI=1S/C12H12O.2ClH.Ti/c1-8-6-7-11(13)12-9(2)4-3-5-10(8)12;;;/h3-7,13H,1-2H3;2*1H;/q;;;+3/p-3. The molecule has 0 saturated carbocycles. The number of halogens is 2. The summed E-state index contributed by atoms with van der Waals surface area (Å²) in [5, 5.41) is 2.51. The molecule has 0 saturated heterocycles. The summed E-state index contributed by atoms with van der Waals surface area (Å²) in [5.41, 5.74) is 2.56. The van der Waals surface area contributed by atoms with Crippen molar-refractivity contribution in [3.63, 3.8) is 0 Å². The topological polar surface area (TPSA) is 9.23 Å². The van der Waals surface area contributed by atoms with Crippen LogP contribution in [0.25, 0.3) is 10.8 Å². The van der Waals surface area contributed by atoms with Gasteiger partial charge < -0.3 is 24.8 Å². The Morgan fingerprint density at radius 1 is 0.938 bits per heavy atom. The first-order chi connectivity index (χ1) is 6.74. The Morgan fingerprint density at radius 3 is 2.25 bits per heavy atom. The molecule has 83 valence electrons. The van der Waals surface area contributed by atoms with Crippen LogP contribution in [0.2, 0.25) is 0 Å². The number of fused-ring (bicyclic) bond motifs is 1. The Bertz CT molecular complexity index is 486. The van der Waals surface area contributed by atoms with Crippen LogP contribution in [0.4, 0.5) is 0 Å². The number of rotatable bonds is 1. The Kier molecular flexibility index (Phi) is 6.43. The van der Waals surface area contributed by atoms with Crippen molar-refractivity contribution < 1.29 is 49.0 Å². The van der Waals surface area contributed by atoms with Crippen molar-refractivity contribution in [3.8, 4) is 5.75 Å². The monoisotopic (exact) mass is 289 g/mol. The molecule has 0 heterocycles. The SMILES string of the molecule is Cc1ccc([O][Ti+2])c2c(C)cccc12.[Cl-].[Cl-]. The van der Waals surface area contributed by atoms with Crippen LogP contribution in [0.5, 0.6) is 5.75 Å². The summed E-state index contributed by atoms with van der Waals surface area (Å²) in [6.07, 6.45) is 0. The summed E-state index contributed by atoms with van der Waals surface area (Å²) in [7, 11) is 0. The van der Waals surface area contributed by atoms with Gasteiger partial charge in [0.1, 0.15) is 0 Å². The average Bonchev–Trinajstić information content (AvgIpc) is 2.20. The average molecular weight is 290 g/mol. The molecule has 0 fully saturated rings. The summed E-state index contributed by atoms with van der Waals surface area (Å²) in [6.45, 7) is 4.24. The molecule has 2 rings (SSSR count). The van der Waals surface area contributed by atoms with Crippen LogP contribution in [-0.2, 0) is 20.8 Å². The van der Waals surface area contributed by atoms with E-state index in [1.165, 1.54) is 21.9 Å². The van der Waals surface area contributed by atoms with Gasteiger partial charge >= 0.3 is 96.0 Å². The smallest absolute Gasteiger partial charge is 1.00 e. The maximum atomic E-state index is 5.36. The van der Waals surface area contributed by atoms with E-state index < -0.39 is 0 Å². The third kappa shape index (κ3) is 2.72. The molecule has 4 heteroatoms. The third-order valence-corrected chi connectivity index (χ3v) is 2.88. The number of hydrogen-bond donors (Lipinski definition) is 0. The zero-order valence-corrected chi connectivity index (χ0v) is 12.1. The van der Waals surface area contributed by atoms with Gasteiger partial charge in [0.15, 0.2) is 0 Å². The van der Waals surface area contributed by atoms with Crippen LogP contribution in [-0.4, -0.2) is 0 Å². The molecule has 1 nitrogen and oxygen atoms in total. The van der Waals surface area contributed by atoms with E-state index in [1.807, 2.05) is 6.07 Å². The number of hydrogen-bond acceptors (Lipinski definition) is 1. The number of aryl methyl sites for hydroxylation is 2. The molecule has 0 aliphatic carbocycles. The van der Waals surface area contributed by atoms with Crippen molar-refractivity contribution in [1.82, 2.24) is 0 Å². The summed E-state index contributed by atoms with van der Waals surface area (Å²) in [4.78, 5) is 0. The molecular formula is C12H11Cl2OTi. The van der Waals surface area contributed by atoms with Crippen LogP contribution in [0, 0.1) is 13.8 Å². The Morgan fingerprint density at radius 2 is 1.62 bits per heavy atom. The molecule has 0 amide bonds. The fourth-order valence-electron chi connectivity index (χ4n) is 1.78. The van der Waals surface area contributed by atoms with Gasteiger partial charge in [0.25, 0.3) is 0 Å². The fourth-order valence-corrected chi connectivity index (χ4v) is 2.05. The van der Waals surface area contributed by atoms with Crippen molar-refractivity contribution in [3.05, 3.63) is 41.5 Å². The molecule has 0 atom stereocenters. The predicted octanol–water partition coefficient (Wildman–Crippen LogP) is -2.69. The zero-order valence-electron chi connectivity index (χ0n) is 9.05. The Balaban J connectivity index is 0.00000112. The maximum Gasteiger partial charge on any atom is -1.00 e. The van der Waals surface area contributed by atoms with Gasteiger partial charge in [-0.3, -0.25) is 0 Å². The van der Waals surface area contributed by atoms with Crippen LogP contribution in [0.15, 0.2) is 30.3 Å². The van der Waals surface area contributed by atoms with Gasteiger partial charge in [-0.05, 0) is 0 Å². The number of benzene rings is 2. The second kappa shape index (κ2) is 6.51. The first kappa shape index (κ1) is 15.8. The Labute approximate surface area is 120 Å². The van der Waals surface area contributed by atoms with E-state index in [2.05, 4.69) is 38.1 Å². The fraction of sp³-hybridized carbons (Fsp3) is 0.167. The molecule has 0 bridgehead atoms. The van der Waals surface area contributed by atoms with E-state index in [-0.39, 0.29) is 24.8 Å². The molecule has 0 aliphatic heterocycles. The molecule has 0 N–H and O–H groups in total. The maximum absolute atomic E-state index is 5.36. The molecule has 16 heavy (non-hydrogen) atoms. The summed E-state index contributed by atoms with van der Waals surface area (Å²) in [6, 6.07) is 10.5. The molecule has 2 aromatic rings. The minimum Gasteiger partial charge on any atom is -1.00 e.